The van der Waals surface area contributed by atoms with Crippen LogP contribution >= 0.6 is 0 Å². The van der Waals surface area contributed by atoms with Crippen molar-refractivity contribution in [1.82, 2.24) is 5.32 Å². The molecule has 2 aliphatic rings. The number of carbonyl (C=O) groups is 1. The van der Waals surface area contributed by atoms with Crippen LogP contribution in [0.2, 0.25) is 0 Å². The summed E-state index contributed by atoms with van der Waals surface area (Å²) >= 11 is 0. The lowest BCUT2D eigenvalue weighted by atomic mass is 9.86. The van der Waals surface area contributed by atoms with Gasteiger partial charge in [-0.3, -0.25) is 4.79 Å². The summed E-state index contributed by atoms with van der Waals surface area (Å²) in [5.41, 5.74) is 2.76. The largest absolute Gasteiger partial charge is 0.468 e. The van der Waals surface area contributed by atoms with Crippen molar-refractivity contribution in [2.45, 2.75) is 18.5 Å². The number of esters is 1. The highest BCUT2D eigenvalue weighted by Crippen LogP contribution is 2.41. The number of hydrogen-bond acceptors (Lipinski definition) is 7. The average molecular weight is 433 g/mol. The van der Waals surface area contributed by atoms with Crippen molar-refractivity contribution in [3.8, 4) is 23.0 Å². The summed E-state index contributed by atoms with van der Waals surface area (Å²) in [5.74, 6) is 1.64. The number of carbonyl (C=O) groups excluding carboxylic acids is 1. The van der Waals surface area contributed by atoms with Crippen LogP contribution in [0.15, 0.2) is 66.7 Å². The van der Waals surface area contributed by atoms with Crippen molar-refractivity contribution in [2.24, 2.45) is 0 Å². The number of nitrogens with one attached hydrogen (secondary N) is 1. The smallest absolute Gasteiger partial charge is 0.315 e. The molecule has 0 unspecified atom stereocenters. The molecule has 5 rings (SSSR count). The van der Waals surface area contributed by atoms with E-state index in [1.807, 2.05) is 66.7 Å². The van der Waals surface area contributed by atoms with Gasteiger partial charge in [0.05, 0.1) is 13.2 Å². The maximum atomic E-state index is 13.1. The molecule has 0 saturated heterocycles. The van der Waals surface area contributed by atoms with E-state index in [9.17, 15) is 4.79 Å². The Kier molecular flexibility index (Phi) is 5.56. The van der Waals surface area contributed by atoms with Gasteiger partial charge >= 0.3 is 5.97 Å². The Hall–Kier alpha value is -3.71. The van der Waals surface area contributed by atoms with E-state index in [2.05, 4.69) is 5.32 Å². The number of rotatable bonds is 7. The molecule has 7 heteroatoms. The van der Waals surface area contributed by atoms with Crippen molar-refractivity contribution in [3.05, 3.63) is 83.4 Å². The average Bonchev–Trinajstić information content (AvgIpc) is 3.50. The summed E-state index contributed by atoms with van der Waals surface area (Å²) in [5, 5.41) is 3.56. The van der Waals surface area contributed by atoms with Crippen LogP contribution in [0.4, 0.5) is 0 Å². The molecular formula is C25H23NO6. The van der Waals surface area contributed by atoms with Gasteiger partial charge in [-0.05, 0) is 41.0 Å². The Labute approximate surface area is 185 Å². The van der Waals surface area contributed by atoms with Crippen LogP contribution < -0.4 is 24.3 Å². The summed E-state index contributed by atoms with van der Waals surface area (Å²) in [6.07, 6.45) is 0. The minimum absolute atomic E-state index is 0.166. The van der Waals surface area contributed by atoms with Crippen LogP contribution in [-0.4, -0.2) is 26.7 Å². The highest BCUT2D eigenvalue weighted by Gasteiger charge is 2.34. The van der Waals surface area contributed by atoms with E-state index in [4.69, 9.17) is 23.7 Å². The molecule has 164 valence electrons. The molecule has 1 N–H and O–H groups in total. The highest BCUT2D eigenvalue weighted by atomic mass is 16.7. The van der Waals surface area contributed by atoms with Gasteiger partial charge in [0.25, 0.3) is 0 Å². The first-order chi connectivity index (χ1) is 15.7. The van der Waals surface area contributed by atoms with Crippen molar-refractivity contribution >= 4 is 5.97 Å². The number of ether oxygens (including phenoxy) is 5. The molecular weight excluding hydrogens is 410 g/mol. The first-order valence-corrected chi connectivity index (χ1v) is 10.4. The fraction of sp³-hybridized carbons (Fsp3) is 0.240. The van der Waals surface area contributed by atoms with E-state index in [0.717, 1.165) is 16.7 Å². The van der Waals surface area contributed by atoms with E-state index in [1.54, 1.807) is 0 Å². The summed E-state index contributed by atoms with van der Waals surface area (Å²) in [4.78, 5) is 13.1. The Morgan fingerprint density at radius 2 is 1.44 bits per heavy atom. The molecule has 3 aromatic carbocycles. The maximum Gasteiger partial charge on any atom is 0.315 e. The van der Waals surface area contributed by atoms with E-state index < -0.39 is 12.0 Å². The molecule has 2 aliphatic heterocycles. The molecule has 2 heterocycles. The molecule has 0 saturated carbocycles. The maximum absolute atomic E-state index is 13.1. The van der Waals surface area contributed by atoms with Gasteiger partial charge in [0.1, 0.15) is 5.92 Å². The van der Waals surface area contributed by atoms with E-state index in [1.165, 1.54) is 7.11 Å². The molecule has 0 aliphatic carbocycles. The van der Waals surface area contributed by atoms with Gasteiger partial charge in [-0.1, -0.05) is 42.5 Å². The van der Waals surface area contributed by atoms with Crippen LogP contribution in [0, 0.1) is 0 Å². The zero-order valence-corrected chi connectivity index (χ0v) is 17.6. The fourth-order valence-corrected chi connectivity index (χ4v) is 4.06. The zero-order valence-electron chi connectivity index (χ0n) is 17.6. The van der Waals surface area contributed by atoms with Gasteiger partial charge in [-0.25, -0.2) is 0 Å². The summed E-state index contributed by atoms with van der Waals surface area (Å²) in [6, 6.07) is 20.9. The lowest BCUT2D eigenvalue weighted by Crippen LogP contribution is -2.32. The standard InChI is InChI=1S/C25H23NO6/c1-28-25(27)23(17-7-9-19-21(11-17)31-14-29-19)24(26-13-16-5-3-2-4-6-16)18-8-10-20-22(12-18)32-15-30-20/h2-12,23-24,26H,13-15H2,1H3/t23-,24-/m0/s1. The molecule has 0 bridgehead atoms. The minimum Gasteiger partial charge on any atom is -0.468 e. The van der Waals surface area contributed by atoms with Crippen molar-refractivity contribution in [3.63, 3.8) is 0 Å². The zero-order chi connectivity index (χ0) is 21.9. The van der Waals surface area contributed by atoms with Crippen LogP contribution in [0.5, 0.6) is 23.0 Å². The van der Waals surface area contributed by atoms with Gasteiger partial charge in [0, 0.05) is 6.54 Å². The molecule has 0 aromatic heterocycles. The quantitative estimate of drug-likeness (QED) is 0.566. The van der Waals surface area contributed by atoms with Gasteiger partial charge in [-0.15, -0.1) is 0 Å². The number of methoxy groups -OCH3 is 1. The van der Waals surface area contributed by atoms with Crippen molar-refractivity contribution in [1.29, 1.82) is 0 Å². The summed E-state index contributed by atoms with van der Waals surface area (Å²) in [7, 11) is 1.40. The number of benzene rings is 3. The van der Waals surface area contributed by atoms with Crippen LogP contribution in [0.3, 0.4) is 0 Å². The third-order valence-corrected chi connectivity index (χ3v) is 5.67. The molecule has 2 atom stereocenters. The van der Waals surface area contributed by atoms with Gasteiger partial charge in [-0.2, -0.15) is 0 Å². The third-order valence-electron chi connectivity index (χ3n) is 5.67. The monoisotopic (exact) mass is 433 g/mol. The fourth-order valence-electron chi connectivity index (χ4n) is 4.06. The molecule has 32 heavy (non-hydrogen) atoms. The van der Waals surface area contributed by atoms with E-state index >= 15 is 0 Å². The van der Waals surface area contributed by atoms with Gasteiger partial charge in [0.15, 0.2) is 23.0 Å². The first kappa shape index (κ1) is 20.2. The Balaban J connectivity index is 1.54. The Morgan fingerprint density at radius 1 is 0.844 bits per heavy atom. The normalized spacial score (nSPS) is 15.3. The molecule has 0 amide bonds. The lowest BCUT2D eigenvalue weighted by molar-refractivity contribution is -0.143. The van der Waals surface area contributed by atoms with Crippen LogP contribution in [-0.2, 0) is 16.1 Å². The SMILES string of the molecule is COC(=O)[C@@H](c1ccc2c(c1)OCO2)[C@@H](NCc1ccccc1)c1ccc2c(c1)OCO2. The molecule has 0 fully saturated rings. The third kappa shape index (κ3) is 3.94. The lowest BCUT2D eigenvalue weighted by Gasteiger charge is -2.28. The molecule has 7 nitrogen and oxygen atoms in total. The summed E-state index contributed by atoms with van der Waals surface area (Å²) in [6.45, 7) is 0.918. The van der Waals surface area contributed by atoms with Crippen LogP contribution in [0.1, 0.15) is 28.7 Å². The second-order valence-electron chi connectivity index (χ2n) is 7.57. The minimum atomic E-state index is -0.626. The van der Waals surface area contributed by atoms with Gasteiger partial charge in [0.2, 0.25) is 13.6 Å². The summed E-state index contributed by atoms with van der Waals surface area (Å²) < 4.78 is 27.3. The first-order valence-electron chi connectivity index (χ1n) is 10.4. The molecule has 0 radical (unpaired) electrons. The van der Waals surface area contributed by atoms with Crippen LogP contribution in [0.25, 0.3) is 0 Å². The van der Waals surface area contributed by atoms with Crippen molar-refractivity contribution in [2.75, 3.05) is 20.7 Å². The Bertz CT molecular complexity index is 1120. The van der Waals surface area contributed by atoms with Gasteiger partial charge < -0.3 is 29.0 Å². The second kappa shape index (κ2) is 8.80. The van der Waals surface area contributed by atoms with E-state index in [0.29, 0.717) is 29.5 Å². The molecule has 3 aromatic rings. The van der Waals surface area contributed by atoms with Crippen molar-refractivity contribution < 1.29 is 28.5 Å². The molecule has 0 spiro atoms. The highest BCUT2D eigenvalue weighted by molar-refractivity contribution is 5.80. The predicted molar refractivity (Wildman–Crippen MR) is 116 cm³/mol. The number of hydrogen-bond donors (Lipinski definition) is 1. The topological polar surface area (TPSA) is 75.3 Å². The predicted octanol–water partition coefficient (Wildman–Crippen LogP) is 3.93. The Morgan fingerprint density at radius 3 is 2.09 bits per heavy atom. The van der Waals surface area contributed by atoms with E-state index in [-0.39, 0.29) is 19.6 Å². The second-order valence-corrected chi connectivity index (χ2v) is 7.57. The number of fused-ring (bicyclic) bond motifs is 2.